The van der Waals surface area contributed by atoms with Crippen molar-refractivity contribution in [3.05, 3.63) is 0 Å². The van der Waals surface area contributed by atoms with Crippen molar-refractivity contribution in [2.75, 3.05) is 6.26 Å². The third-order valence-corrected chi connectivity index (χ3v) is 3.89. The van der Waals surface area contributed by atoms with Gasteiger partial charge in [0.2, 0.25) is 0 Å². The average Bonchev–Trinajstić information content (AvgIpc) is 1.86. The van der Waals surface area contributed by atoms with E-state index in [4.69, 9.17) is 0 Å². The number of alkyl halides is 1. The van der Waals surface area contributed by atoms with Gasteiger partial charge >= 0.3 is 0 Å². The molecule has 0 spiro atoms. The van der Waals surface area contributed by atoms with Gasteiger partial charge in [0, 0.05) is 6.26 Å². The fourth-order valence-corrected chi connectivity index (χ4v) is 2.58. The highest BCUT2D eigenvalue weighted by Crippen LogP contribution is 2.25. The maximum atomic E-state index is 12.6. The molecular weight excluding hydrogens is 167 g/mol. The molecule has 0 radical (unpaired) electrons. The van der Waals surface area contributed by atoms with Crippen molar-refractivity contribution in [2.45, 2.75) is 37.1 Å². The second-order valence-corrected chi connectivity index (χ2v) is 5.53. The van der Waals surface area contributed by atoms with E-state index in [1.165, 1.54) is 6.26 Å². The quantitative estimate of drug-likeness (QED) is 0.609. The van der Waals surface area contributed by atoms with Crippen molar-refractivity contribution in [1.29, 1.82) is 0 Å². The lowest BCUT2D eigenvalue weighted by Crippen LogP contribution is -2.26. The summed E-state index contributed by atoms with van der Waals surface area (Å²) in [5, 5.41) is -0.283. The van der Waals surface area contributed by atoms with Gasteiger partial charge in [-0.2, -0.15) is 0 Å². The second kappa shape index (κ2) is 3.09. The normalized spacial score (nSPS) is 33.6. The third-order valence-electron chi connectivity index (χ3n) is 2.21. The monoisotopic (exact) mass is 180 g/mol. The van der Waals surface area contributed by atoms with Crippen molar-refractivity contribution < 1.29 is 12.8 Å². The summed E-state index contributed by atoms with van der Waals surface area (Å²) in [7, 11) is -2.92. The van der Waals surface area contributed by atoms with Crippen molar-refractivity contribution in [2.24, 2.45) is 0 Å². The fourth-order valence-electron chi connectivity index (χ4n) is 1.45. The predicted molar refractivity (Wildman–Crippen MR) is 42.0 cm³/mol. The average molecular weight is 180 g/mol. The lowest BCUT2D eigenvalue weighted by molar-refractivity contribution is 0.252. The molecule has 1 fully saturated rings. The molecule has 1 saturated carbocycles. The van der Waals surface area contributed by atoms with E-state index in [-0.39, 0.29) is 5.25 Å². The molecule has 0 bridgehead atoms. The second-order valence-electron chi connectivity index (χ2n) is 3.20. The fraction of sp³-hybridized carbons (Fsp3) is 1.00. The van der Waals surface area contributed by atoms with E-state index in [9.17, 15) is 12.8 Å². The van der Waals surface area contributed by atoms with Crippen molar-refractivity contribution >= 4 is 9.84 Å². The number of rotatable bonds is 1. The summed E-state index contributed by atoms with van der Waals surface area (Å²) in [6, 6.07) is 0. The van der Waals surface area contributed by atoms with Crippen molar-refractivity contribution in [1.82, 2.24) is 0 Å². The van der Waals surface area contributed by atoms with E-state index in [2.05, 4.69) is 0 Å². The summed E-state index contributed by atoms with van der Waals surface area (Å²) < 4.78 is 34.5. The maximum absolute atomic E-state index is 12.6. The molecule has 1 aliphatic rings. The van der Waals surface area contributed by atoms with Gasteiger partial charge in [-0.15, -0.1) is 0 Å². The largest absolute Gasteiger partial charge is 0.247 e. The van der Waals surface area contributed by atoms with Crippen LogP contribution in [-0.2, 0) is 9.84 Å². The molecule has 1 aliphatic carbocycles. The Kier molecular flexibility index (Phi) is 2.52. The first-order valence-corrected chi connectivity index (χ1v) is 5.78. The Morgan fingerprint density at radius 1 is 1.18 bits per heavy atom. The van der Waals surface area contributed by atoms with Crippen LogP contribution in [0.1, 0.15) is 25.7 Å². The van der Waals surface area contributed by atoms with Gasteiger partial charge in [-0.05, 0) is 25.7 Å². The van der Waals surface area contributed by atoms with Gasteiger partial charge in [-0.1, -0.05) is 0 Å². The van der Waals surface area contributed by atoms with Gasteiger partial charge in [0.15, 0.2) is 0 Å². The predicted octanol–water partition coefficient (Wildman–Crippen LogP) is 1.31. The molecule has 0 unspecified atom stereocenters. The smallest absolute Gasteiger partial charge is 0.150 e. The number of hydrogen-bond acceptors (Lipinski definition) is 2. The van der Waals surface area contributed by atoms with E-state index in [1.54, 1.807) is 0 Å². The van der Waals surface area contributed by atoms with Crippen molar-refractivity contribution in [3.63, 3.8) is 0 Å². The molecule has 2 nitrogen and oxygen atoms in total. The molecule has 0 heterocycles. The van der Waals surface area contributed by atoms with Gasteiger partial charge in [0.1, 0.15) is 16.0 Å². The van der Waals surface area contributed by atoms with E-state index in [0.717, 1.165) is 0 Å². The molecule has 0 aromatic heterocycles. The summed E-state index contributed by atoms with van der Waals surface area (Å²) >= 11 is 0. The van der Waals surface area contributed by atoms with Crippen LogP contribution >= 0.6 is 0 Å². The molecule has 1 rings (SSSR count). The maximum Gasteiger partial charge on any atom is 0.150 e. The highest BCUT2D eigenvalue weighted by atomic mass is 32.2. The van der Waals surface area contributed by atoms with Gasteiger partial charge in [0.05, 0.1) is 5.25 Å². The van der Waals surface area contributed by atoms with Crippen LogP contribution < -0.4 is 0 Å². The lowest BCUT2D eigenvalue weighted by Gasteiger charge is -2.22. The molecule has 11 heavy (non-hydrogen) atoms. The Balaban J connectivity index is 2.53. The molecule has 0 aromatic carbocycles. The molecule has 0 saturated heterocycles. The van der Waals surface area contributed by atoms with E-state index >= 15 is 0 Å². The molecule has 4 heteroatoms. The Bertz CT molecular complexity index is 215. The van der Waals surface area contributed by atoms with Crippen LogP contribution in [0.25, 0.3) is 0 Å². The van der Waals surface area contributed by atoms with Crippen LogP contribution in [0.5, 0.6) is 0 Å². The summed E-state index contributed by atoms with van der Waals surface area (Å²) in [4.78, 5) is 0. The minimum absolute atomic E-state index is 0.283. The molecule has 0 atom stereocenters. The van der Waals surface area contributed by atoms with Crippen LogP contribution in [0.15, 0.2) is 0 Å². The zero-order chi connectivity index (χ0) is 8.48. The van der Waals surface area contributed by atoms with Crippen LogP contribution in [0.2, 0.25) is 0 Å². The van der Waals surface area contributed by atoms with Gasteiger partial charge in [-0.25, -0.2) is 12.8 Å². The van der Waals surface area contributed by atoms with Crippen LogP contribution in [0.4, 0.5) is 4.39 Å². The zero-order valence-electron chi connectivity index (χ0n) is 6.59. The minimum Gasteiger partial charge on any atom is -0.247 e. The molecule has 0 aromatic rings. The van der Waals surface area contributed by atoms with Gasteiger partial charge in [0.25, 0.3) is 0 Å². The molecule has 0 aliphatic heterocycles. The first kappa shape index (κ1) is 8.97. The molecule has 0 N–H and O–H groups in total. The third kappa shape index (κ3) is 2.43. The molecular formula is C7H13FO2S. The minimum atomic E-state index is -2.92. The summed E-state index contributed by atoms with van der Waals surface area (Å²) in [6.07, 6.45) is 2.29. The summed E-state index contributed by atoms with van der Waals surface area (Å²) in [5.74, 6) is 0. The summed E-state index contributed by atoms with van der Waals surface area (Å²) in [5.41, 5.74) is 0. The number of sulfone groups is 1. The standard InChI is InChI=1S/C7H13FO2S/c1-11(9,10)7-4-2-6(8)3-5-7/h6-7H,2-5H2,1H3. The Morgan fingerprint density at radius 2 is 1.64 bits per heavy atom. The highest BCUT2D eigenvalue weighted by molar-refractivity contribution is 7.91. The van der Waals surface area contributed by atoms with Crippen LogP contribution in [0.3, 0.4) is 0 Å². The first-order chi connectivity index (χ1) is 5.00. The lowest BCUT2D eigenvalue weighted by atomic mass is 9.99. The Labute approximate surface area is 66.7 Å². The molecule has 0 amide bonds. The Hall–Kier alpha value is -0.120. The number of hydrogen-bond donors (Lipinski definition) is 0. The van der Waals surface area contributed by atoms with Gasteiger partial charge < -0.3 is 0 Å². The zero-order valence-corrected chi connectivity index (χ0v) is 7.40. The van der Waals surface area contributed by atoms with Crippen LogP contribution in [-0.4, -0.2) is 26.1 Å². The highest BCUT2D eigenvalue weighted by Gasteiger charge is 2.27. The first-order valence-electron chi connectivity index (χ1n) is 3.83. The SMILES string of the molecule is CS(=O)(=O)C1CCC(F)CC1. The summed E-state index contributed by atoms with van der Waals surface area (Å²) in [6.45, 7) is 0. The number of halogens is 1. The van der Waals surface area contributed by atoms with Gasteiger partial charge in [-0.3, -0.25) is 0 Å². The van der Waals surface area contributed by atoms with Crippen LogP contribution in [0, 0.1) is 0 Å². The van der Waals surface area contributed by atoms with E-state index in [1.807, 2.05) is 0 Å². The Morgan fingerprint density at radius 3 is 2.00 bits per heavy atom. The van der Waals surface area contributed by atoms with Crippen molar-refractivity contribution in [3.8, 4) is 0 Å². The van der Waals surface area contributed by atoms with E-state index in [0.29, 0.717) is 25.7 Å². The van der Waals surface area contributed by atoms with E-state index < -0.39 is 16.0 Å². The molecule has 66 valence electrons. The topological polar surface area (TPSA) is 34.1 Å².